The van der Waals surface area contributed by atoms with Crippen LogP contribution >= 0.6 is 0 Å². The number of hydrogen-bond acceptors (Lipinski definition) is 4. The molecular weight excluding hydrogens is 182 g/mol. The third-order valence-corrected chi connectivity index (χ3v) is 2.39. The van der Waals surface area contributed by atoms with Gasteiger partial charge in [0, 0.05) is 12.7 Å². The van der Waals surface area contributed by atoms with Gasteiger partial charge in [0.2, 0.25) is 0 Å². The standard InChI is InChI=1S/C9H11N3O2/c13-9(14)7-3-2-6-12(7)8-4-1-5-10-11-8/h1,4-5,7H,2-3,6H2,(H,13,14)/t7-/m0/s1. The van der Waals surface area contributed by atoms with Gasteiger partial charge in [-0.3, -0.25) is 0 Å². The van der Waals surface area contributed by atoms with Gasteiger partial charge >= 0.3 is 5.97 Å². The predicted molar refractivity (Wildman–Crippen MR) is 50.0 cm³/mol. The number of carbonyl (C=O) groups is 1. The molecule has 1 N–H and O–H groups in total. The van der Waals surface area contributed by atoms with Gasteiger partial charge in [-0.05, 0) is 25.0 Å². The highest BCUT2D eigenvalue weighted by atomic mass is 16.4. The van der Waals surface area contributed by atoms with Crippen LogP contribution in [0.5, 0.6) is 0 Å². The summed E-state index contributed by atoms with van der Waals surface area (Å²) in [5.74, 6) is -0.134. The van der Waals surface area contributed by atoms with Crippen molar-refractivity contribution in [2.24, 2.45) is 0 Å². The number of aliphatic carboxylic acids is 1. The van der Waals surface area contributed by atoms with Crippen LogP contribution in [0.15, 0.2) is 18.3 Å². The monoisotopic (exact) mass is 193 g/mol. The van der Waals surface area contributed by atoms with Crippen LogP contribution in [0.3, 0.4) is 0 Å². The van der Waals surface area contributed by atoms with E-state index in [1.54, 1.807) is 23.2 Å². The van der Waals surface area contributed by atoms with Crippen LogP contribution in [0.25, 0.3) is 0 Å². The molecule has 0 amide bonds. The molecule has 1 aliphatic heterocycles. The van der Waals surface area contributed by atoms with Crippen LogP contribution in [0.4, 0.5) is 5.82 Å². The molecule has 1 atom stereocenters. The fourth-order valence-corrected chi connectivity index (χ4v) is 1.74. The van der Waals surface area contributed by atoms with Gasteiger partial charge in [-0.1, -0.05) is 0 Å². The summed E-state index contributed by atoms with van der Waals surface area (Å²) in [4.78, 5) is 12.7. The van der Waals surface area contributed by atoms with E-state index in [2.05, 4.69) is 10.2 Å². The molecule has 2 heterocycles. The van der Waals surface area contributed by atoms with Gasteiger partial charge in [-0.15, -0.1) is 5.10 Å². The lowest BCUT2D eigenvalue weighted by atomic mass is 10.2. The van der Waals surface area contributed by atoms with Gasteiger partial charge in [0.05, 0.1) is 0 Å². The first-order chi connectivity index (χ1) is 6.79. The quantitative estimate of drug-likeness (QED) is 0.742. The number of rotatable bonds is 2. The number of anilines is 1. The fourth-order valence-electron chi connectivity index (χ4n) is 1.74. The van der Waals surface area contributed by atoms with Crippen LogP contribution in [0.2, 0.25) is 0 Å². The van der Waals surface area contributed by atoms with Crippen LogP contribution in [-0.4, -0.2) is 33.9 Å². The van der Waals surface area contributed by atoms with E-state index in [0.29, 0.717) is 12.2 Å². The number of nitrogens with zero attached hydrogens (tertiary/aromatic N) is 3. The predicted octanol–water partition coefficient (Wildman–Crippen LogP) is 0.530. The third kappa shape index (κ3) is 1.53. The van der Waals surface area contributed by atoms with E-state index in [-0.39, 0.29) is 0 Å². The Labute approximate surface area is 81.4 Å². The van der Waals surface area contributed by atoms with E-state index in [0.717, 1.165) is 13.0 Å². The zero-order valence-electron chi connectivity index (χ0n) is 7.63. The van der Waals surface area contributed by atoms with Crippen molar-refractivity contribution < 1.29 is 9.90 Å². The van der Waals surface area contributed by atoms with Crippen LogP contribution in [-0.2, 0) is 4.79 Å². The van der Waals surface area contributed by atoms with Gasteiger partial charge in [-0.25, -0.2) is 4.79 Å². The Morgan fingerprint density at radius 2 is 2.50 bits per heavy atom. The number of aromatic nitrogens is 2. The molecule has 74 valence electrons. The lowest BCUT2D eigenvalue weighted by molar-refractivity contribution is -0.138. The topological polar surface area (TPSA) is 66.3 Å². The summed E-state index contributed by atoms with van der Waals surface area (Å²) in [5, 5.41) is 16.6. The Morgan fingerprint density at radius 1 is 1.64 bits per heavy atom. The lowest BCUT2D eigenvalue weighted by Crippen LogP contribution is -2.36. The molecule has 5 heteroatoms. The summed E-state index contributed by atoms with van der Waals surface area (Å²) in [6, 6.07) is 3.11. The molecule has 0 saturated carbocycles. The second-order valence-electron chi connectivity index (χ2n) is 3.27. The van der Waals surface area contributed by atoms with Gasteiger partial charge < -0.3 is 10.0 Å². The van der Waals surface area contributed by atoms with Crippen molar-refractivity contribution in [1.29, 1.82) is 0 Å². The van der Waals surface area contributed by atoms with E-state index in [1.165, 1.54) is 0 Å². The Bertz CT molecular complexity index is 328. The largest absolute Gasteiger partial charge is 0.480 e. The Morgan fingerprint density at radius 3 is 3.14 bits per heavy atom. The molecule has 5 nitrogen and oxygen atoms in total. The van der Waals surface area contributed by atoms with Crippen LogP contribution in [0.1, 0.15) is 12.8 Å². The van der Waals surface area contributed by atoms with E-state index >= 15 is 0 Å². The van der Waals surface area contributed by atoms with Crippen molar-refractivity contribution in [2.45, 2.75) is 18.9 Å². The minimum Gasteiger partial charge on any atom is -0.480 e. The Balaban J connectivity index is 2.22. The maximum absolute atomic E-state index is 10.9. The second kappa shape index (κ2) is 3.61. The van der Waals surface area contributed by atoms with Crippen molar-refractivity contribution in [3.63, 3.8) is 0 Å². The molecule has 1 fully saturated rings. The van der Waals surface area contributed by atoms with E-state index < -0.39 is 12.0 Å². The van der Waals surface area contributed by atoms with Gasteiger partial charge in [-0.2, -0.15) is 5.10 Å². The minimum atomic E-state index is -0.784. The molecule has 0 aliphatic carbocycles. The van der Waals surface area contributed by atoms with Crippen molar-refractivity contribution in [1.82, 2.24) is 10.2 Å². The molecule has 1 aromatic rings. The highest BCUT2D eigenvalue weighted by molar-refractivity contribution is 5.78. The smallest absolute Gasteiger partial charge is 0.326 e. The van der Waals surface area contributed by atoms with Crippen molar-refractivity contribution in [3.8, 4) is 0 Å². The fraction of sp³-hybridized carbons (Fsp3) is 0.444. The zero-order valence-corrected chi connectivity index (χ0v) is 7.63. The maximum atomic E-state index is 10.9. The first-order valence-corrected chi connectivity index (χ1v) is 4.56. The zero-order chi connectivity index (χ0) is 9.97. The first kappa shape index (κ1) is 8.93. The second-order valence-corrected chi connectivity index (χ2v) is 3.27. The summed E-state index contributed by atoms with van der Waals surface area (Å²) in [5.41, 5.74) is 0. The molecule has 1 aromatic heterocycles. The van der Waals surface area contributed by atoms with Crippen LogP contribution in [0, 0.1) is 0 Å². The summed E-state index contributed by atoms with van der Waals surface area (Å²) in [6.45, 7) is 0.746. The molecule has 1 saturated heterocycles. The molecule has 14 heavy (non-hydrogen) atoms. The minimum absolute atomic E-state index is 0.438. The molecule has 1 aliphatic rings. The van der Waals surface area contributed by atoms with Crippen molar-refractivity contribution >= 4 is 11.8 Å². The average molecular weight is 193 g/mol. The highest BCUT2D eigenvalue weighted by Crippen LogP contribution is 2.22. The number of carboxylic acids is 1. The third-order valence-electron chi connectivity index (χ3n) is 2.39. The van der Waals surface area contributed by atoms with Crippen molar-refractivity contribution in [2.75, 3.05) is 11.4 Å². The molecule has 0 unspecified atom stereocenters. The molecule has 0 radical (unpaired) electrons. The van der Waals surface area contributed by atoms with Gasteiger partial charge in [0.1, 0.15) is 6.04 Å². The normalized spacial score (nSPS) is 21.1. The Kier molecular flexibility index (Phi) is 2.30. The molecule has 0 aromatic carbocycles. The SMILES string of the molecule is O=C(O)[C@@H]1CCCN1c1cccnn1. The van der Waals surface area contributed by atoms with E-state index in [1.807, 2.05) is 0 Å². The summed E-state index contributed by atoms with van der Waals surface area (Å²) in [7, 11) is 0. The summed E-state index contributed by atoms with van der Waals surface area (Å²) < 4.78 is 0. The van der Waals surface area contributed by atoms with E-state index in [4.69, 9.17) is 5.11 Å². The van der Waals surface area contributed by atoms with Gasteiger partial charge in [0.25, 0.3) is 0 Å². The Hall–Kier alpha value is -1.65. The first-order valence-electron chi connectivity index (χ1n) is 4.56. The molecule has 0 spiro atoms. The molecular formula is C9H11N3O2. The lowest BCUT2D eigenvalue weighted by Gasteiger charge is -2.21. The maximum Gasteiger partial charge on any atom is 0.326 e. The average Bonchev–Trinajstić information content (AvgIpc) is 2.67. The highest BCUT2D eigenvalue weighted by Gasteiger charge is 2.31. The van der Waals surface area contributed by atoms with Gasteiger partial charge in [0.15, 0.2) is 5.82 Å². The number of hydrogen-bond donors (Lipinski definition) is 1. The summed E-state index contributed by atoms with van der Waals surface area (Å²) >= 11 is 0. The van der Waals surface area contributed by atoms with Crippen molar-refractivity contribution in [3.05, 3.63) is 18.3 Å². The van der Waals surface area contributed by atoms with Crippen LogP contribution < -0.4 is 4.90 Å². The number of carboxylic acid groups (broad SMARTS) is 1. The molecule has 0 bridgehead atoms. The molecule has 2 rings (SSSR count). The summed E-state index contributed by atoms with van der Waals surface area (Å²) in [6.07, 6.45) is 3.16. The van der Waals surface area contributed by atoms with E-state index in [9.17, 15) is 4.79 Å².